The third-order valence-corrected chi connectivity index (χ3v) is 5.48. The molecule has 1 atom stereocenters. The van der Waals surface area contributed by atoms with Crippen molar-refractivity contribution in [2.75, 3.05) is 13.1 Å². The van der Waals surface area contributed by atoms with Crippen LogP contribution >= 0.6 is 0 Å². The minimum absolute atomic E-state index is 0.157. The Labute approximate surface area is 159 Å². The van der Waals surface area contributed by atoms with Gasteiger partial charge in [0.15, 0.2) is 0 Å². The SMILES string of the molecule is Cc1ccc(S(=O)(=O)NCCCNC(=O)[C@@H](N)Cc2ccc(O)cc2)cc1. The van der Waals surface area contributed by atoms with E-state index in [-0.39, 0.29) is 23.1 Å². The predicted molar refractivity (Wildman–Crippen MR) is 104 cm³/mol. The van der Waals surface area contributed by atoms with Crippen LogP contribution in [0.1, 0.15) is 17.5 Å². The van der Waals surface area contributed by atoms with Crippen molar-refractivity contribution in [1.29, 1.82) is 0 Å². The molecule has 2 aromatic carbocycles. The zero-order valence-corrected chi connectivity index (χ0v) is 16.0. The van der Waals surface area contributed by atoms with Crippen LogP contribution in [0.25, 0.3) is 0 Å². The summed E-state index contributed by atoms with van der Waals surface area (Å²) < 4.78 is 26.8. The van der Waals surface area contributed by atoms with Crippen LogP contribution in [-0.2, 0) is 21.2 Å². The Morgan fingerprint density at radius 2 is 1.70 bits per heavy atom. The summed E-state index contributed by atoms with van der Waals surface area (Å²) in [7, 11) is -3.55. The molecule has 27 heavy (non-hydrogen) atoms. The molecule has 0 bridgehead atoms. The Morgan fingerprint density at radius 3 is 2.33 bits per heavy atom. The summed E-state index contributed by atoms with van der Waals surface area (Å²) in [5.74, 6) is -0.144. The van der Waals surface area contributed by atoms with Crippen molar-refractivity contribution in [3.63, 3.8) is 0 Å². The van der Waals surface area contributed by atoms with Crippen LogP contribution < -0.4 is 15.8 Å². The average Bonchev–Trinajstić information content (AvgIpc) is 2.63. The summed E-state index contributed by atoms with van der Waals surface area (Å²) in [5, 5.41) is 11.9. The number of benzene rings is 2. The van der Waals surface area contributed by atoms with Crippen molar-refractivity contribution in [3.05, 3.63) is 59.7 Å². The lowest BCUT2D eigenvalue weighted by molar-refractivity contribution is -0.122. The number of sulfonamides is 1. The first-order chi connectivity index (χ1) is 12.8. The smallest absolute Gasteiger partial charge is 0.240 e. The highest BCUT2D eigenvalue weighted by Crippen LogP contribution is 2.11. The molecular weight excluding hydrogens is 366 g/mol. The van der Waals surface area contributed by atoms with Gasteiger partial charge in [-0.05, 0) is 49.6 Å². The van der Waals surface area contributed by atoms with Crippen LogP contribution in [0.15, 0.2) is 53.4 Å². The van der Waals surface area contributed by atoms with Crippen LogP contribution in [-0.4, -0.2) is 38.6 Å². The molecule has 7 nitrogen and oxygen atoms in total. The quantitative estimate of drug-likeness (QED) is 0.476. The number of carbonyl (C=O) groups is 1. The second kappa shape index (κ2) is 9.50. The summed E-state index contributed by atoms with van der Waals surface area (Å²) in [6.45, 7) is 2.42. The minimum Gasteiger partial charge on any atom is -0.508 e. The minimum atomic E-state index is -3.55. The maximum atomic E-state index is 12.1. The van der Waals surface area contributed by atoms with Crippen LogP contribution in [0.3, 0.4) is 0 Å². The molecule has 146 valence electrons. The second-order valence-electron chi connectivity index (χ2n) is 6.33. The van der Waals surface area contributed by atoms with Gasteiger partial charge < -0.3 is 16.2 Å². The summed E-state index contributed by atoms with van der Waals surface area (Å²) >= 11 is 0. The van der Waals surface area contributed by atoms with Gasteiger partial charge in [-0.3, -0.25) is 4.79 Å². The summed E-state index contributed by atoms with van der Waals surface area (Å²) in [6, 6.07) is 12.4. The molecule has 0 radical (unpaired) electrons. The first-order valence-corrected chi connectivity index (χ1v) is 10.1. The maximum absolute atomic E-state index is 12.1. The van der Waals surface area contributed by atoms with Crippen molar-refractivity contribution < 1.29 is 18.3 Å². The van der Waals surface area contributed by atoms with Crippen molar-refractivity contribution in [2.24, 2.45) is 5.73 Å². The lowest BCUT2D eigenvalue weighted by Gasteiger charge is -2.13. The first-order valence-electron chi connectivity index (χ1n) is 8.65. The molecule has 2 aromatic rings. The standard InChI is InChI=1S/C19H25N3O4S/c1-14-3-9-17(10-4-14)27(25,26)22-12-2-11-21-19(24)18(20)13-15-5-7-16(23)8-6-15/h3-10,18,22-23H,2,11-13,20H2,1H3,(H,21,24)/t18-/m0/s1. The number of phenolic OH excluding ortho intramolecular Hbond substituents is 1. The van der Waals surface area contributed by atoms with Crippen LogP contribution in [0.5, 0.6) is 5.75 Å². The second-order valence-corrected chi connectivity index (χ2v) is 8.10. The van der Waals surface area contributed by atoms with Gasteiger partial charge in [0.05, 0.1) is 10.9 Å². The van der Waals surface area contributed by atoms with E-state index in [1.54, 1.807) is 48.5 Å². The Kier molecular flexibility index (Phi) is 7.35. The number of phenols is 1. The van der Waals surface area contributed by atoms with E-state index in [0.29, 0.717) is 19.4 Å². The monoisotopic (exact) mass is 391 g/mol. The van der Waals surface area contributed by atoms with E-state index in [2.05, 4.69) is 10.0 Å². The van der Waals surface area contributed by atoms with Crippen LogP contribution in [0.4, 0.5) is 0 Å². The van der Waals surface area contributed by atoms with Crippen molar-refractivity contribution in [1.82, 2.24) is 10.0 Å². The Hall–Kier alpha value is -2.42. The lowest BCUT2D eigenvalue weighted by Crippen LogP contribution is -2.42. The molecular formula is C19H25N3O4S. The summed E-state index contributed by atoms with van der Waals surface area (Å²) in [4.78, 5) is 12.2. The van der Waals surface area contributed by atoms with E-state index >= 15 is 0 Å². The van der Waals surface area contributed by atoms with E-state index in [1.165, 1.54) is 0 Å². The number of nitrogens with one attached hydrogen (secondary N) is 2. The summed E-state index contributed by atoms with van der Waals surface area (Å²) in [6.07, 6.45) is 0.801. The fraction of sp³-hybridized carbons (Fsp3) is 0.316. The highest BCUT2D eigenvalue weighted by Gasteiger charge is 2.15. The highest BCUT2D eigenvalue weighted by atomic mass is 32.2. The number of aromatic hydroxyl groups is 1. The molecule has 0 aliphatic rings. The first kappa shape index (κ1) is 20.9. The third kappa shape index (κ3) is 6.67. The normalized spacial score (nSPS) is 12.5. The van der Waals surface area contributed by atoms with Crippen LogP contribution in [0, 0.1) is 6.92 Å². The van der Waals surface area contributed by atoms with Gasteiger partial charge in [0, 0.05) is 13.1 Å². The topological polar surface area (TPSA) is 122 Å². The van der Waals surface area contributed by atoms with Crippen molar-refractivity contribution >= 4 is 15.9 Å². The Bertz CT molecular complexity index is 850. The molecule has 0 aromatic heterocycles. The zero-order chi connectivity index (χ0) is 19.9. The number of rotatable bonds is 9. The molecule has 0 spiro atoms. The molecule has 1 amide bonds. The van der Waals surface area contributed by atoms with Gasteiger partial charge >= 0.3 is 0 Å². The number of aryl methyl sites for hydroxylation is 1. The van der Waals surface area contributed by atoms with E-state index in [9.17, 15) is 18.3 Å². The molecule has 8 heteroatoms. The van der Waals surface area contributed by atoms with Gasteiger partial charge in [-0.25, -0.2) is 13.1 Å². The number of nitrogens with two attached hydrogens (primary N) is 1. The zero-order valence-electron chi connectivity index (χ0n) is 15.2. The third-order valence-electron chi connectivity index (χ3n) is 4.00. The molecule has 0 aliphatic heterocycles. The molecule has 0 saturated carbocycles. The van der Waals surface area contributed by atoms with E-state index in [1.807, 2.05) is 6.92 Å². The Balaban J connectivity index is 1.70. The molecule has 0 fully saturated rings. The molecule has 5 N–H and O–H groups in total. The fourth-order valence-electron chi connectivity index (χ4n) is 2.42. The molecule has 2 rings (SSSR count). The van der Waals surface area contributed by atoms with Gasteiger partial charge in [-0.1, -0.05) is 29.8 Å². The number of amides is 1. The van der Waals surface area contributed by atoms with E-state index in [4.69, 9.17) is 5.73 Å². The largest absolute Gasteiger partial charge is 0.508 e. The van der Waals surface area contributed by atoms with Gasteiger partial charge in [0.25, 0.3) is 0 Å². The van der Waals surface area contributed by atoms with Crippen molar-refractivity contribution in [2.45, 2.75) is 30.7 Å². The number of hydrogen-bond acceptors (Lipinski definition) is 5. The number of hydrogen-bond donors (Lipinski definition) is 4. The predicted octanol–water partition coefficient (Wildman–Crippen LogP) is 1.06. The van der Waals surface area contributed by atoms with Gasteiger partial charge in [-0.15, -0.1) is 0 Å². The molecule has 0 aliphatic carbocycles. The maximum Gasteiger partial charge on any atom is 0.240 e. The molecule has 0 heterocycles. The highest BCUT2D eigenvalue weighted by molar-refractivity contribution is 7.89. The summed E-state index contributed by atoms with van der Waals surface area (Å²) in [5.41, 5.74) is 7.71. The van der Waals surface area contributed by atoms with E-state index in [0.717, 1.165) is 11.1 Å². The number of carbonyl (C=O) groups excluding carboxylic acids is 1. The fourth-order valence-corrected chi connectivity index (χ4v) is 3.49. The molecule has 0 unspecified atom stereocenters. The lowest BCUT2D eigenvalue weighted by atomic mass is 10.1. The molecule has 0 saturated heterocycles. The average molecular weight is 391 g/mol. The Morgan fingerprint density at radius 1 is 1.07 bits per heavy atom. The van der Waals surface area contributed by atoms with E-state index < -0.39 is 16.1 Å². The van der Waals surface area contributed by atoms with Crippen LogP contribution in [0.2, 0.25) is 0 Å². The van der Waals surface area contributed by atoms with Crippen molar-refractivity contribution in [3.8, 4) is 5.75 Å². The van der Waals surface area contributed by atoms with Gasteiger partial charge in [-0.2, -0.15) is 0 Å². The van der Waals surface area contributed by atoms with Gasteiger partial charge in [0.2, 0.25) is 15.9 Å². The van der Waals surface area contributed by atoms with Gasteiger partial charge in [0.1, 0.15) is 5.75 Å².